The molecule has 1 aliphatic carbocycles. The summed E-state index contributed by atoms with van der Waals surface area (Å²) in [5.41, 5.74) is 3.91. The lowest BCUT2D eigenvalue weighted by Gasteiger charge is -2.40. The van der Waals surface area contributed by atoms with Gasteiger partial charge in [0.15, 0.2) is 5.78 Å². The van der Waals surface area contributed by atoms with E-state index in [1.165, 1.54) is 5.56 Å². The van der Waals surface area contributed by atoms with E-state index >= 15 is 0 Å². The summed E-state index contributed by atoms with van der Waals surface area (Å²) in [7, 11) is 0. The fourth-order valence-corrected chi connectivity index (χ4v) is 4.42. The molecule has 1 heterocycles. The Labute approximate surface area is 167 Å². The zero-order valence-electron chi connectivity index (χ0n) is 16.7. The molecule has 0 radical (unpaired) electrons. The van der Waals surface area contributed by atoms with Gasteiger partial charge in [-0.05, 0) is 66.5 Å². The molecule has 1 aliphatic heterocycles. The third kappa shape index (κ3) is 3.58. The Morgan fingerprint density at radius 3 is 2.79 bits per heavy atom. The normalized spacial score (nSPS) is 21.9. The summed E-state index contributed by atoms with van der Waals surface area (Å²) in [5.74, 6) is 1.41. The summed E-state index contributed by atoms with van der Waals surface area (Å²) in [6, 6.07) is 14.5. The summed E-state index contributed by atoms with van der Waals surface area (Å²) in [6.07, 6.45) is 6.25. The highest BCUT2D eigenvalue weighted by molar-refractivity contribution is 6.01. The fourth-order valence-electron chi connectivity index (χ4n) is 4.42. The number of phenols is 1. The van der Waals surface area contributed by atoms with E-state index in [1.54, 1.807) is 6.08 Å². The van der Waals surface area contributed by atoms with Crippen molar-refractivity contribution in [2.75, 3.05) is 6.61 Å². The van der Waals surface area contributed by atoms with Crippen LogP contribution in [0.15, 0.2) is 48.5 Å². The molecule has 2 unspecified atom stereocenters. The molecule has 0 amide bonds. The van der Waals surface area contributed by atoms with Gasteiger partial charge in [0.25, 0.3) is 0 Å². The second kappa shape index (κ2) is 7.46. The number of carbonyl (C=O) groups is 1. The lowest BCUT2D eigenvalue weighted by atomic mass is 9.70. The molecule has 28 heavy (non-hydrogen) atoms. The molecule has 0 spiro atoms. The second-order valence-corrected chi connectivity index (χ2v) is 8.57. The van der Waals surface area contributed by atoms with Crippen molar-refractivity contribution < 1.29 is 14.6 Å². The average Bonchev–Trinajstić information content (AvgIpc) is 2.69. The maximum atomic E-state index is 12.0. The van der Waals surface area contributed by atoms with Gasteiger partial charge in [-0.25, -0.2) is 0 Å². The highest BCUT2D eigenvalue weighted by Crippen LogP contribution is 2.52. The van der Waals surface area contributed by atoms with Crippen molar-refractivity contribution in [1.29, 1.82) is 0 Å². The van der Waals surface area contributed by atoms with Gasteiger partial charge in [-0.15, -0.1) is 0 Å². The van der Waals surface area contributed by atoms with Crippen molar-refractivity contribution in [1.82, 2.24) is 0 Å². The highest BCUT2D eigenvalue weighted by Gasteiger charge is 2.41. The quantitative estimate of drug-likeness (QED) is 0.732. The number of fused-ring (bicyclic) bond motifs is 3. The van der Waals surface area contributed by atoms with Gasteiger partial charge >= 0.3 is 0 Å². The first-order valence-electron chi connectivity index (χ1n) is 10.3. The van der Waals surface area contributed by atoms with E-state index in [9.17, 15) is 9.90 Å². The molecule has 3 nitrogen and oxygen atoms in total. The van der Waals surface area contributed by atoms with Crippen LogP contribution < -0.4 is 4.74 Å². The molecule has 0 saturated heterocycles. The molecule has 0 aromatic heterocycles. The number of ether oxygens (including phenoxy) is 1. The van der Waals surface area contributed by atoms with Crippen molar-refractivity contribution >= 4 is 11.4 Å². The van der Waals surface area contributed by atoms with Gasteiger partial charge in [0.1, 0.15) is 11.5 Å². The van der Waals surface area contributed by atoms with Crippen LogP contribution in [0.25, 0.3) is 5.57 Å². The number of carbonyl (C=O) groups excluding carboxylic acids is 1. The van der Waals surface area contributed by atoms with Crippen molar-refractivity contribution in [3.8, 4) is 11.5 Å². The standard InChI is InChI=1S/C25H28O3/c1-17(7-6-10-18-8-4-3-5-9-18)19-13-22(27)24-21-15-20(26)11-12-25(21,2)16-28-23(24)14-19/h3-5,8-9,13-15,17,27H,6-7,10-12,16H2,1-2H3. The minimum Gasteiger partial charge on any atom is -0.507 e. The molecule has 0 bridgehead atoms. The topological polar surface area (TPSA) is 46.5 Å². The molecule has 146 valence electrons. The Bertz CT molecular complexity index is 913. The van der Waals surface area contributed by atoms with Gasteiger partial charge in [0.05, 0.1) is 12.2 Å². The van der Waals surface area contributed by atoms with Crippen LogP contribution in [0, 0.1) is 5.41 Å². The van der Waals surface area contributed by atoms with E-state index in [4.69, 9.17) is 4.74 Å². The van der Waals surface area contributed by atoms with Crippen LogP contribution >= 0.6 is 0 Å². The first kappa shape index (κ1) is 18.8. The number of hydrogen-bond acceptors (Lipinski definition) is 3. The Kier molecular flexibility index (Phi) is 5.01. The smallest absolute Gasteiger partial charge is 0.156 e. The lowest BCUT2D eigenvalue weighted by Crippen LogP contribution is -2.34. The maximum Gasteiger partial charge on any atom is 0.156 e. The number of allylic oxidation sites excluding steroid dienone is 1. The van der Waals surface area contributed by atoms with Gasteiger partial charge in [0.2, 0.25) is 0 Å². The Morgan fingerprint density at radius 1 is 1.21 bits per heavy atom. The summed E-state index contributed by atoms with van der Waals surface area (Å²) in [5, 5.41) is 10.8. The zero-order valence-corrected chi connectivity index (χ0v) is 16.7. The van der Waals surface area contributed by atoms with E-state index in [1.807, 2.05) is 12.1 Å². The molecular formula is C25H28O3. The van der Waals surface area contributed by atoms with E-state index in [0.29, 0.717) is 30.3 Å². The van der Waals surface area contributed by atoms with Crippen LogP contribution in [0.5, 0.6) is 11.5 Å². The lowest BCUT2D eigenvalue weighted by molar-refractivity contribution is -0.115. The van der Waals surface area contributed by atoms with Gasteiger partial charge in [-0.2, -0.15) is 0 Å². The van der Waals surface area contributed by atoms with Crippen molar-refractivity contribution in [2.45, 2.75) is 51.9 Å². The van der Waals surface area contributed by atoms with Crippen LogP contribution in [0.2, 0.25) is 0 Å². The molecule has 0 saturated carbocycles. The first-order valence-corrected chi connectivity index (χ1v) is 10.3. The molecular weight excluding hydrogens is 348 g/mol. The van der Waals surface area contributed by atoms with Gasteiger partial charge in [-0.3, -0.25) is 4.79 Å². The summed E-state index contributed by atoms with van der Waals surface area (Å²) >= 11 is 0. The van der Waals surface area contributed by atoms with Crippen molar-refractivity contribution in [3.05, 3.63) is 65.2 Å². The van der Waals surface area contributed by atoms with Gasteiger partial charge in [-0.1, -0.05) is 44.2 Å². The van der Waals surface area contributed by atoms with Gasteiger partial charge in [0, 0.05) is 11.8 Å². The zero-order chi connectivity index (χ0) is 19.7. The fraction of sp³-hybridized carbons (Fsp3) is 0.400. The summed E-state index contributed by atoms with van der Waals surface area (Å²) in [4.78, 5) is 12.0. The Balaban J connectivity index is 1.53. The van der Waals surface area contributed by atoms with Crippen LogP contribution in [-0.4, -0.2) is 17.5 Å². The first-order chi connectivity index (χ1) is 13.5. The molecule has 0 fully saturated rings. The Morgan fingerprint density at radius 2 is 2.00 bits per heavy atom. The van der Waals surface area contributed by atoms with Crippen molar-refractivity contribution in [3.63, 3.8) is 0 Å². The van der Waals surface area contributed by atoms with E-state index in [-0.39, 0.29) is 16.9 Å². The molecule has 4 rings (SSSR count). The summed E-state index contributed by atoms with van der Waals surface area (Å²) < 4.78 is 6.06. The minimum atomic E-state index is -0.193. The number of phenolic OH excluding ortho intramolecular Hbond substituents is 1. The number of rotatable bonds is 5. The third-order valence-corrected chi connectivity index (χ3v) is 6.31. The molecule has 3 heteroatoms. The predicted molar refractivity (Wildman–Crippen MR) is 112 cm³/mol. The third-order valence-electron chi connectivity index (χ3n) is 6.31. The average molecular weight is 376 g/mol. The SMILES string of the molecule is CC(CCCc1ccccc1)c1cc(O)c2c(c1)OCC1(C)CCC(=O)C=C21. The predicted octanol–water partition coefficient (Wildman–Crippen LogP) is 5.66. The van der Waals surface area contributed by atoms with E-state index < -0.39 is 0 Å². The minimum absolute atomic E-state index is 0.137. The van der Waals surface area contributed by atoms with Crippen LogP contribution in [0.3, 0.4) is 0 Å². The van der Waals surface area contributed by atoms with Crippen LogP contribution in [0.1, 0.15) is 62.1 Å². The maximum absolute atomic E-state index is 12.0. The highest BCUT2D eigenvalue weighted by atomic mass is 16.5. The molecule has 2 aromatic carbocycles. The monoisotopic (exact) mass is 376 g/mol. The van der Waals surface area contributed by atoms with E-state index in [2.05, 4.69) is 44.2 Å². The number of aromatic hydroxyl groups is 1. The van der Waals surface area contributed by atoms with Gasteiger partial charge < -0.3 is 9.84 Å². The number of aryl methyl sites for hydroxylation is 1. The number of hydrogen-bond donors (Lipinski definition) is 1. The molecule has 1 N–H and O–H groups in total. The molecule has 2 aromatic rings. The molecule has 2 atom stereocenters. The van der Waals surface area contributed by atoms with Crippen molar-refractivity contribution in [2.24, 2.45) is 5.41 Å². The number of ketones is 1. The summed E-state index contributed by atoms with van der Waals surface area (Å²) in [6.45, 7) is 4.88. The van der Waals surface area contributed by atoms with E-state index in [0.717, 1.165) is 36.8 Å². The number of benzene rings is 2. The van der Waals surface area contributed by atoms with Crippen LogP contribution in [-0.2, 0) is 11.2 Å². The Hall–Kier alpha value is -2.55. The molecule has 2 aliphatic rings. The second-order valence-electron chi connectivity index (χ2n) is 8.57. The van der Waals surface area contributed by atoms with Crippen LogP contribution in [0.4, 0.5) is 0 Å². The largest absolute Gasteiger partial charge is 0.507 e.